The van der Waals surface area contributed by atoms with Crippen LogP contribution in [0.2, 0.25) is 0 Å². The number of carbonyl (C=O) groups is 2. The van der Waals surface area contributed by atoms with Gasteiger partial charge in [-0.3, -0.25) is 0 Å². The lowest BCUT2D eigenvalue weighted by Gasteiger charge is -2.28. The number of carboxylic acid groups (broad SMARTS) is 1. The molecule has 31 heavy (non-hydrogen) atoms. The third-order valence-corrected chi connectivity index (χ3v) is 5.55. The van der Waals surface area contributed by atoms with Crippen LogP contribution in [-0.2, 0) is 18.4 Å². The molecular weight excluding hydrogens is 392 g/mol. The van der Waals surface area contributed by atoms with Crippen LogP contribution in [0.3, 0.4) is 0 Å². The average Bonchev–Trinajstić information content (AvgIpc) is 3.13. The molecule has 0 atom stereocenters. The second-order valence-corrected chi connectivity index (χ2v) is 8.76. The van der Waals surface area contributed by atoms with Gasteiger partial charge in [0.1, 0.15) is 0 Å². The molecule has 7 nitrogen and oxygen atoms in total. The lowest BCUT2D eigenvalue weighted by Crippen LogP contribution is -2.39. The van der Waals surface area contributed by atoms with Crippen LogP contribution >= 0.6 is 0 Å². The molecule has 1 aromatic heterocycles. The Morgan fingerprint density at radius 3 is 2.32 bits per heavy atom. The maximum atomic E-state index is 12.9. The zero-order valence-electron chi connectivity index (χ0n) is 17.9. The van der Waals surface area contributed by atoms with Crippen LogP contribution in [-0.4, -0.2) is 38.3 Å². The highest BCUT2D eigenvalue weighted by Gasteiger charge is 2.30. The molecule has 1 aliphatic heterocycles. The first-order chi connectivity index (χ1) is 14.7. The molecule has 0 spiro atoms. The molecule has 2 aromatic carbocycles. The van der Waals surface area contributed by atoms with Gasteiger partial charge in [0.25, 0.3) is 0 Å². The summed E-state index contributed by atoms with van der Waals surface area (Å²) in [6.07, 6.45) is 0.529. The number of aromatic nitrogens is 2. The number of rotatable bonds is 3. The Morgan fingerprint density at radius 2 is 1.71 bits per heavy atom. The molecule has 0 bridgehead atoms. The van der Waals surface area contributed by atoms with Crippen LogP contribution in [0.5, 0.6) is 0 Å². The Balaban J connectivity index is 1.55. The van der Waals surface area contributed by atoms with Gasteiger partial charge in [-0.05, 0) is 35.2 Å². The maximum Gasteiger partial charge on any atom is 0.356 e. The second-order valence-electron chi connectivity index (χ2n) is 8.76. The summed E-state index contributed by atoms with van der Waals surface area (Å²) < 4.78 is 1.68. The van der Waals surface area contributed by atoms with Gasteiger partial charge in [-0.25, -0.2) is 14.3 Å². The zero-order chi connectivity index (χ0) is 22.2. The quantitative estimate of drug-likeness (QED) is 0.657. The molecule has 160 valence electrons. The van der Waals surface area contributed by atoms with Gasteiger partial charge >= 0.3 is 12.0 Å². The van der Waals surface area contributed by atoms with E-state index in [-0.39, 0.29) is 23.7 Å². The van der Waals surface area contributed by atoms with Gasteiger partial charge < -0.3 is 15.3 Å². The van der Waals surface area contributed by atoms with Gasteiger partial charge in [0.15, 0.2) is 5.69 Å². The number of hydrogen-bond acceptors (Lipinski definition) is 3. The fourth-order valence-corrected chi connectivity index (χ4v) is 3.80. The topological polar surface area (TPSA) is 87.5 Å². The largest absolute Gasteiger partial charge is 0.476 e. The van der Waals surface area contributed by atoms with Crippen molar-refractivity contribution in [1.29, 1.82) is 0 Å². The fourth-order valence-electron chi connectivity index (χ4n) is 3.80. The smallest absolute Gasteiger partial charge is 0.356 e. The molecule has 0 saturated heterocycles. The van der Waals surface area contributed by atoms with E-state index in [1.807, 2.05) is 54.6 Å². The number of para-hydroxylation sites is 1. The monoisotopic (exact) mass is 418 g/mol. The van der Waals surface area contributed by atoms with Crippen LogP contribution in [0.15, 0.2) is 54.6 Å². The first-order valence-corrected chi connectivity index (χ1v) is 10.3. The van der Waals surface area contributed by atoms with Crippen LogP contribution in [0.25, 0.3) is 5.69 Å². The van der Waals surface area contributed by atoms with Crippen molar-refractivity contribution in [2.24, 2.45) is 0 Å². The van der Waals surface area contributed by atoms with Gasteiger partial charge in [0, 0.05) is 24.2 Å². The van der Waals surface area contributed by atoms with Crippen LogP contribution in [0.4, 0.5) is 10.5 Å². The van der Waals surface area contributed by atoms with Gasteiger partial charge in [0.05, 0.1) is 17.9 Å². The average molecular weight is 418 g/mol. The number of anilines is 1. The van der Waals surface area contributed by atoms with Crippen molar-refractivity contribution >= 4 is 17.7 Å². The summed E-state index contributed by atoms with van der Waals surface area (Å²) >= 11 is 0. The van der Waals surface area contributed by atoms with Crippen LogP contribution in [0, 0.1) is 0 Å². The van der Waals surface area contributed by atoms with Crippen molar-refractivity contribution in [3.63, 3.8) is 0 Å². The van der Waals surface area contributed by atoms with E-state index in [0.717, 1.165) is 11.4 Å². The molecule has 2 amide bonds. The summed E-state index contributed by atoms with van der Waals surface area (Å²) in [6.45, 7) is 7.11. The number of urea groups is 1. The third kappa shape index (κ3) is 4.17. The van der Waals surface area contributed by atoms with Gasteiger partial charge in [0.2, 0.25) is 0 Å². The number of nitrogens with zero attached hydrogens (tertiary/aromatic N) is 3. The number of carbonyl (C=O) groups excluding carboxylic acids is 1. The van der Waals surface area contributed by atoms with E-state index in [4.69, 9.17) is 0 Å². The molecule has 0 radical (unpaired) electrons. The minimum Gasteiger partial charge on any atom is -0.476 e. The number of nitrogens with one attached hydrogen (secondary N) is 1. The van der Waals surface area contributed by atoms with E-state index in [1.165, 1.54) is 5.56 Å². The third-order valence-electron chi connectivity index (χ3n) is 5.55. The molecule has 0 saturated carbocycles. The predicted molar refractivity (Wildman–Crippen MR) is 119 cm³/mol. The van der Waals surface area contributed by atoms with Gasteiger partial charge in [-0.1, -0.05) is 51.1 Å². The van der Waals surface area contributed by atoms with E-state index >= 15 is 0 Å². The molecule has 7 heteroatoms. The van der Waals surface area contributed by atoms with Crippen LogP contribution in [0.1, 0.15) is 48.1 Å². The fraction of sp³-hybridized carbons (Fsp3) is 0.292. The Labute approximate surface area is 181 Å². The van der Waals surface area contributed by atoms with Crippen molar-refractivity contribution in [1.82, 2.24) is 14.7 Å². The standard InChI is InChI=1S/C24H26N4O3/c1-24(2,3)16-9-11-17(12-10-16)25-23(31)27-14-13-20-19(15-27)21(22(29)30)26-28(20)18-7-5-4-6-8-18/h4-12H,13-15H2,1-3H3,(H,25,31)(H,29,30). The van der Waals surface area contributed by atoms with E-state index in [9.17, 15) is 14.7 Å². The molecule has 4 rings (SSSR count). The number of hydrogen-bond donors (Lipinski definition) is 2. The molecule has 0 unspecified atom stereocenters. The summed E-state index contributed by atoms with van der Waals surface area (Å²) in [7, 11) is 0. The van der Waals surface area contributed by atoms with Crippen molar-refractivity contribution in [3.05, 3.63) is 77.1 Å². The minimum atomic E-state index is -1.09. The van der Waals surface area contributed by atoms with E-state index in [0.29, 0.717) is 24.2 Å². The van der Waals surface area contributed by atoms with Gasteiger partial charge in [-0.2, -0.15) is 5.10 Å². The van der Waals surface area contributed by atoms with Crippen molar-refractivity contribution in [3.8, 4) is 5.69 Å². The lowest BCUT2D eigenvalue weighted by atomic mass is 9.87. The number of carboxylic acids is 1. The van der Waals surface area contributed by atoms with Crippen molar-refractivity contribution < 1.29 is 14.7 Å². The summed E-state index contributed by atoms with van der Waals surface area (Å²) in [6, 6.07) is 17.0. The molecule has 0 aliphatic carbocycles. The SMILES string of the molecule is CC(C)(C)c1ccc(NC(=O)N2CCc3c(c(C(=O)O)nn3-c3ccccc3)C2)cc1. The van der Waals surface area contributed by atoms with Gasteiger partial charge in [-0.15, -0.1) is 0 Å². The number of amides is 2. The summed E-state index contributed by atoms with van der Waals surface area (Å²) in [5, 5.41) is 16.9. The number of aromatic carboxylic acids is 1. The maximum absolute atomic E-state index is 12.9. The Bertz CT molecular complexity index is 1110. The van der Waals surface area contributed by atoms with E-state index in [1.54, 1.807) is 9.58 Å². The highest BCUT2D eigenvalue weighted by Crippen LogP contribution is 2.27. The highest BCUT2D eigenvalue weighted by atomic mass is 16.4. The second kappa shape index (κ2) is 7.91. The predicted octanol–water partition coefficient (Wildman–Crippen LogP) is 4.46. The van der Waals surface area contributed by atoms with Crippen LogP contribution < -0.4 is 5.32 Å². The Hall–Kier alpha value is -3.61. The summed E-state index contributed by atoms with van der Waals surface area (Å²) in [4.78, 5) is 26.3. The number of benzene rings is 2. The van der Waals surface area contributed by atoms with Crippen molar-refractivity contribution in [2.45, 2.75) is 39.2 Å². The molecule has 0 fully saturated rings. The van der Waals surface area contributed by atoms with E-state index < -0.39 is 5.97 Å². The first-order valence-electron chi connectivity index (χ1n) is 10.3. The zero-order valence-corrected chi connectivity index (χ0v) is 17.9. The lowest BCUT2D eigenvalue weighted by molar-refractivity contribution is 0.0687. The molecule has 3 aromatic rings. The summed E-state index contributed by atoms with van der Waals surface area (Å²) in [5.41, 5.74) is 4.16. The van der Waals surface area contributed by atoms with Crippen molar-refractivity contribution in [2.75, 3.05) is 11.9 Å². The molecule has 1 aliphatic rings. The minimum absolute atomic E-state index is 0.00844. The normalized spacial score (nSPS) is 13.6. The Kier molecular flexibility index (Phi) is 5.27. The Morgan fingerprint density at radius 1 is 1.03 bits per heavy atom. The van der Waals surface area contributed by atoms with E-state index in [2.05, 4.69) is 31.2 Å². The summed E-state index contributed by atoms with van der Waals surface area (Å²) in [5.74, 6) is -1.09. The molecular formula is C24H26N4O3. The highest BCUT2D eigenvalue weighted by molar-refractivity contribution is 5.91. The molecule has 2 N–H and O–H groups in total. The number of fused-ring (bicyclic) bond motifs is 1. The first kappa shape index (κ1) is 20.7. The molecule has 2 heterocycles.